The molecule has 188 valence electrons. The van der Waals surface area contributed by atoms with Crippen molar-refractivity contribution >= 4 is 25.1 Å². The van der Waals surface area contributed by atoms with Crippen LogP contribution in [0.25, 0.3) is 10.9 Å². The minimum absolute atomic E-state index is 0.0743. The lowest BCUT2D eigenvalue weighted by Gasteiger charge is -2.37. The molecule has 0 spiro atoms. The van der Waals surface area contributed by atoms with E-state index in [1.54, 1.807) is 0 Å². The molecule has 1 unspecified atom stereocenters. The third-order valence-electron chi connectivity index (χ3n) is 8.04. The third-order valence-corrected chi connectivity index (χ3v) is 12.5. The van der Waals surface area contributed by atoms with E-state index in [-0.39, 0.29) is 17.0 Å². The molecule has 3 rings (SSSR count). The van der Waals surface area contributed by atoms with Gasteiger partial charge in [-0.05, 0) is 78.9 Å². The monoisotopic (exact) mass is 484 g/mol. The van der Waals surface area contributed by atoms with Gasteiger partial charge in [0.1, 0.15) is 6.10 Å². The fraction of sp³-hybridized carbons (Fsp3) is 0.643. The normalized spacial score (nSPS) is 20.8. The molecule has 1 aromatic heterocycles. The smallest absolute Gasteiger partial charge is 0.227 e. The van der Waals surface area contributed by atoms with Crippen LogP contribution in [0.1, 0.15) is 78.7 Å². The van der Waals surface area contributed by atoms with Crippen molar-refractivity contribution in [2.45, 2.75) is 97.4 Å². The Bertz CT molecular complexity index is 999. The van der Waals surface area contributed by atoms with Crippen LogP contribution in [0.15, 0.2) is 30.3 Å². The topological polar surface area (TPSA) is 74.4 Å². The number of benzene rings is 1. The zero-order valence-corrected chi connectivity index (χ0v) is 23.4. The maximum Gasteiger partial charge on any atom is 0.227 e. The van der Waals surface area contributed by atoms with Crippen LogP contribution < -0.4 is 10.5 Å². The Balaban J connectivity index is 1.70. The molecule has 0 bridgehead atoms. The second-order valence-electron chi connectivity index (χ2n) is 12.6. The molecular weight excluding hydrogens is 440 g/mol. The highest BCUT2D eigenvalue weighted by atomic mass is 28.4. The van der Waals surface area contributed by atoms with Gasteiger partial charge in [0.2, 0.25) is 11.8 Å². The van der Waals surface area contributed by atoms with Crippen molar-refractivity contribution in [3.8, 4) is 5.88 Å². The fourth-order valence-corrected chi connectivity index (χ4v) is 5.49. The quantitative estimate of drug-likeness (QED) is 0.438. The molecule has 1 fully saturated rings. The van der Waals surface area contributed by atoms with E-state index in [1.165, 1.54) is 12.8 Å². The van der Waals surface area contributed by atoms with Gasteiger partial charge in [-0.1, -0.05) is 47.6 Å². The van der Waals surface area contributed by atoms with Gasteiger partial charge in [0.25, 0.3) is 0 Å². The number of hydrogen-bond acceptors (Lipinski definition) is 4. The van der Waals surface area contributed by atoms with Crippen LogP contribution in [0.2, 0.25) is 18.1 Å². The number of hydrogen-bond donors (Lipinski definition) is 1. The molecule has 5 nitrogen and oxygen atoms in total. The lowest BCUT2D eigenvalue weighted by Crippen LogP contribution is -2.42. The predicted octanol–water partition coefficient (Wildman–Crippen LogP) is 6.81. The number of ether oxygens (including phenoxy) is 1. The van der Waals surface area contributed by atoms with Gasteiger partial charge in [-0.15, -0.1) is 0 Å². The van der Waals surface area contributed by atoms with Crippen LogP contribution in [0, 0.1) is 11.3 Å². The summed E-state index contributed by atoms with van der Waals surface area (Å²) in [5, 5.41) is 1.05. The second-order valence-corrected chi connectivity index (χ2v) is 17.4. The molecule has 34 heavy (non-hydrogen) atoms. The van der Waals surface area contributed by atoms with Crippen LogP contribution in [-0.2, 0) is 9.22 Å². The van der Waals surface area contributed by atoms with Gasteiger partial charge in [-0.2, -0.15) is 0 Å². The molecule has 0 saturated heterocycles. The summed E-state index contributed by atoms with van der Waals surface area (Å²) in [5.74, 6) is 0.589. The molecule has 2 N–H and O–H groups in total. The molecule has 6 heteroatoms. The molecule has 0 aliphatic heterocycles. The first-order valence-corrected chi connectivity index (χ1v) is 15.6. The predicted molar refractivity (Wildman–Crippen MR) is 143 cm³/mol. The van der Waals surface area contributed by atoms with Crippen LogP contribution in [-0.4, -0.2) is 31.9 Å². The minimum atomic E-state index is -1.98. The largest absolute Gasteiger partial charge is 0.474 e. The Labute approximate surface area is 206 Å². The van der Waals surface area contributed by atoms with Crippen molar-refractivity contribution < 1.29 is 14.0 Å². The molecule has 2 aromatic rings. The van der Waals surface area contributed by atoms with E-state index >= 15 is 0 Å². The van der Waals surface area contributed by atoms with Gasteiger partial charge in [-0.25, -0.2) is 4.98 Å². The highest BCUT2D eigenvalue weighted by Crippen LogP contribution is 2.39. The van der Waals surface area contributed by atoms with Crippen LogP contribution in [0.4, 0.5) is 0 Å². The molecule has 0 radical (unpaired) electrons. The van der Waals surface area contributed by atoms with Gasteiger partial charge in [0, 0.05) is 18.1 Å². The zero-order chi connectivity index (χ0) is 25.3. The summed E-state index contributed by atoms with van der Waals surface area (Å²) in [5.41, 5.74) is 7.87. The van der Waals surface area contributed by atoms with E-state index in [9.17, 15) is 4.79 Å². The molecule has 1 saturated carbocycles. The Morgan fingerprint density at radius 3 is 2.26 bits per heavy atom. The Morgan fingerprint density at radius 2 is 1.71 bits per heavy atom. The average molecular weight is 485 g/mol. The fourth-order valence-electron chi connectivity index (χ4n) is 4.48. The Hall–Kier alpha value is -1.92. The van der Waals surface area contributed by atoms with Crippen LogP contribution in [0.3, 0.4) is 0 Å². The number of fused-ring (bicyclic) bond motifs is 1. The number of primary amides is 1. The zero-order valence-electron chi connectivity index (χ0n) is 22.4. The van der Waals surface area contributed by atoms with E-state index in [0.717, 1.165) is 35.2 Å². The van der Waals surface area contributed by atoms with Gasteiger partial charge in [0.05, 0.1) is 11.4 Å². The summed E-state index contributed by atoms with van der Waals surface area (Å²) >= 11 is 0. The maximum atomic E-state index is 12.3. The van der Waals surface area contributed by atoms with E-state index in [1.807, 2.05) is 30.3 Å². The van der Waals surface area contributed by atoms with E-state index in [0.29, 0.717) is 17.9 Å². The number of nitrogens with two attached hydrogens (primary N) is 1. The molecule has 1 aliphatic carbocycles. The Kier molecular flexibility index (Phi) is 7.83. The molecule has 1 aromatic carbocycles. The van der Waals surface area contributed by atoms with Crippen molar-refractivity contribution in [3.05, 3.63) is 35.9 Å². The lowest BCUT2D eigenvalue weighted by atomic mass is 9.72. The minimum Gasteiger partial charge on any atom is -0.474 e. The van der Waals surface area contributed by atoms with Crippen molar-refractivity contribution in [2.24, 2.45) is 17.1 Å². The van der Waals surface area contributed by atoms with Gasteiger partial charge in [0.15, 0.2) is 8.32 Å². The van der Waals surface area contributed by atoms with E-state index in [4.69, 9.17) is 19.9 Å². The highest BCUT2D eigenvalue weighted by molar-refractivity contribution is 6.74. The first-order valence-electron chi connectivity index (χ1n) is 12.7. The summed E-state index contributed by atoms with van der Waals surface area (Å²) in [4.78, 5) is 17.0. The summed E-state index contributed by atoms with van der Waals surface area (Å²) in [6, 6.07) is 9.86. The third kappa shape index (κ3) is 6.39. The van der Waals surface area contributed by atoms with E-state index in [2.05, 4.69) is 54.6 Å². The van der Waals surface area contributed by atoms with Gasteiger partial charge < -0.3 is 14.9 Å². The molecular formula is C28H44N2O3Si. The number of nitrogens with zero attached hydrogens (tertiary/aromatic N) is 1. The number of amides is 1. The number of carbonyl (C=O) groups is 1. The van der Waals surface area contributed by atoms with Crippen LogP contribution in [0.5, 0.6) is 5.88 Å². The second kappa shape index (κ2) is 9.98. The number of carbonyl (C=O) groups excluding carboxylic acids is 1. The van der Waals surface area contributed by atoms with Crippen LogP contribution >= 0.6 is 0 Å². The first-order chi connectivity index (χ1) is 15.7. The number of rotatable bonds is 7. The lowest BCUT2D eigenvalue weighted by molar-refractivity contribution is -0.120. The maximum absolute atomic E-state index is 12.3. The Morgan fingerprint density at radius 1 is 1.06 bits per heavy atom. The average Bonchev–Trinajstić information content (AvgIpc) is 2.72. The summed E-state index contributed by atoms with van der Waals surface area (Å²) in [6.07, 6.45) is 4.80. The van der Waals surface area contributed by atoms with Gasteiger partial charge >= 0.3 is 0 Å². The summed E-state index contributed by atoms with van der Waals surface area (Å²) in [7, 11) is -1.98. The molecule has 1 atom stereocenters. The summed E-state index contributed by atoms with van der Waals surface area (Å²) in [6.45, 7) is 18.3. The van der Waals surface area contributed by atoms with Crippen molar-refractivity contribution in [3.63, 3.8) is 0 Å². The standard InChI is InChI=1S/C28H44N2O3Si/c1-27(2,3)21-11-13-22(14-12-21)33-25-16-10-20-17-19(9-15-24(20)30-25)23(26(29)31)18-32-34(7,8)28(4,5)6/h9-10,15-17,21-23H,11-14,18H2,1-8H3,(H2,29,31). The van der Waals surface area contributed by atoms with Crippen molar-refractivity contribution in [1.29, 1.82) is 0 Å². The molecule has 1 aliphatic rings. The number of pyridine rings is 1. The first kappa shape index (κ1) is 26.7. The van der Waals surface area contributed by atoms with Gasteiger partial charge in [-0.3, -0.25) is 4.79 Å². The molecule has 1 heterocycles. The van der Waals surface area contributed by atoms with E-state index < -0.39 is 14.2 Å². The van der Waals surface area contributed by atoms with Crippen molar-refractivity contribution in [1.82, 2.24) is 4.98 Å². The SMILES string of the molecule is CC(C)(C)C1CCC(Oc2ccc3cc(C(CO[Si](C)(C)C(C)(C)C)C(N)=O)ccc3n2)CC1. The van der Waals surface area contributed by atoms with Crippen molar-refractivity contribution in [2.75, 3.05) is 6.61 Å². The highest BCUT2D eigenvalue weighted by Gasteiger charge is 2.38. The molecule has 1 amide bonds. The summed E-state index contributed by atoms with van der Waals surface area (Å²) < 4.78 is 12.6. The number of aromatic nitrogens is 1.